The van der Waals surface area contributed by atoms with Gasteiger partial charge in [-0.3, -0.25) is 0 Å². The van der Waals surface area contributed by atoms with Crippen LogP contribution in [0, 0.1) is 36.0 Å². The molecule has 0 heteroatoms. The number of allylic oxidation sites excluding steroid dienone is 6. The maximum atomic E-state index is 6.00. The van der Waals surface area contributed by atoms with Crippen molar-refractivity contribution in [3.8, 4) is 24.7 Å². The maximum Gasteiger partial charge on any atom is 0.0561 e. The molecule has 2 aromatic carbocycles. The molecular formula is C39H44. The van der Waals surface area contributed by atoms with Crippen LogP contribution in [0.25, 0.3) is 11.1 Å². The van der Waals surface area contributed by atoms with Crippen LogP contribution in [-0.2, 0) is 11.8 Å². The van der Waals surface area contributed by atoms with Crippen molar-refractivity contribution in [1.29, 1.82) is 0 Å². The Kier molecular flexibility index (Phi) is 8.28. The molecule has 0 amide bonds. The second-order valence-electron chi connectivity index (χ2n) is 13.1. The van der Waals surface area contributed by atoms with E-state index in [9.17, 15) is 0 Å². The molecule has 1 saturated carbocycles. The molecule has 0 heterocycles. The smallest absolute Gasteiger partial charge is 0.0561 e. The molecule has 0 N–H and O–H groups in total. The highest BCUT2D eigenvalue weighted by atomic mass is 14.4. The second-order valence-corrected chi connectivity index (χ2v) is 13.1. The lowest BCUT2D eigenvalue weighted by Crippen LogP contribution is -2.12. The van der Waals surface area contributed by atoms with E-state index in [0.29, 0.717) is 11.8 Å². The lowest BCUT2D eigenvalue weighted by molar-refractivity contribution is 0.411. The molecule has 0 radical (unpaired) electrons. The van der Waals surface area contributed by atoms with E-state index in [1.165, 1.54) is 44.5 Å². The molecule has 2 aromatic rings. The zero-order chi connectivity index (χ0) is 28.4. The molecular weight excluding hydrogens is 468 g/mol. The highest BCUT2D eigenvalue weighted by Gasteiger charge is 2.43. The van der Waals surface area contributed by atoms with Crippen molar-refractivity contribution >= 4 is 11.1 Å². The first-order chi connectivity index (χ1) is 18.4. The molecule has 4 rings (SSSR count). The first kappa shape index (κ1) is 28.5. The maximum absolute atomic E-state index is 6.00. The van der Waals surface area contributed by atoms with Crippen LogP contribution in [0.2, 0.25) is 0 Å². The van der Waals surface area contributed by atoms with E-state index in [-0.39, 0.29) is 10.8 Å². The SMILES string of the molecule is C#CCCC(=C)c1ccc(C2C=C(C)C=C2[C@H](C)CC(=C)c2cc(CC(C)(C)C)cc(C3(C#C)CC3)c2)cc1. The first-order valence-electron chi connectivity index (χ1n) is 14.4. The molecule has 0 saturated heterocycles. The van der Waals surface area contributed by atoms with Crippen LogP contribution in [0.3, 0.4) is 0 Å². The highest BCUT2D eigenvalue weighted by Crippen LogP contribution is 2.49. The third kappa shape index (κ3) is 6.75. The summed E-state index contributed by atoms with van der Waals surface area (Å²) in [5.74, 6) is 6.48. The predicted octanol–water partition coefficient (Wildman–Crippen LogP) is 10.1. The van der Waals surface area contributed by atoms with E-state index < -0.39 is 0 Å². The van der Waals surface area contributed by atoms with Crippen LogP contribution in [-0.4, -0.2) is 0 Å². The molecule has 2 aliphatic rings. The molecule has 1 fully saturated rings. The van der Waals surface area contributed by atoms with Crippen molar-refractivity contribution in [2.75, 3.05) is 0 Å². The third-order valence-electron chi connectivity index (χ3n) is 8.27. The number of rotatable bonds is 10. The Hall–Kier alpha value is -3.48. The molecule has 0 spiro atoms. The van der Waals surface area contributed by atoms with Gasteiger partial charge in [-0.25, -0.2) is 0 Å². The molecule has 0 nitrogen and oxygen atoms in total. The summed E-state index contributed by atoms with van der Waals surface area (Å²) in [6.07, 6.45) is 21.9. The number of hydrogen-bond acceptors (Lipinski definition) is 0. The quantitative estimate of drug-likeness (QED) is 0.278. The second kappa shape index (κ2) is 11.3. The fraction of sp³-hybridized carbons (Fsp3) is 0.385. The Bertz CT molecular complexity index is 1390. The zero-order valence-corrected chi connectivity index (χ0v) is 24.7. The summed E-state index contributed by atoms with van der Waals surface area (Å²) >= 11 is 0. The summed E-state index contributed by atoms with van der Waals surface area (Å²) in [5, 5.41) is 0. The van der Waals surface area contributed by atoms with Crippen LogP contribution in [0.1, 0.15) is 100 Å². The van der Waals surface area contributed by atoms with Gasteiger partial charge in [0.1, 0.15) is 0 Å². The molecule has 39 heavy (non-hydrogen) atoms. The van der Waals surface area contributed by atoms with E-state index in [0.717, 1.165) is 44.1 Å². The van der Waals surface area contributed by atoms with E-state index in [1.54, 1.807) is 0 Å². The van der Waals surface area contributed by atoms with E-state index in [1.807, 2.05) is 0 Å². The Morgan fingerprint density at radius 2 is 1.72 bits per heavy atom. The lowest BCUT2D eigenvalue weighted by atomic mass is 9.80. The zero-order valence-electron chi connectivity index (χ0n) is 24.7. The van der Waals surface area contributed by atoms with E-state index >= 15 is 0 Å². The number of terminal acetylenes is 2. The van der Waals surface area contributed by atoms with Crippen LogP contribution in [0.5, 0.6) is 0 Å². The van der Waals surface area contributed by atoms with Gasteiger partial charge >= 0.3 is 0 Å². The van der Waals surface area contributed by atoms with Crippen molar-refractivity contribution in [3.05, 3.63) is 107 Å². The highest BCUT2D eigenvalue weighted by molar-refractivity contribution is 5.67. The first-order valence-corrected chi connectivity index (χ1v) is 14.4. The molecule has 0 bridgehead atoms. The van der Waals surface area contributed by atoms with Crippen LogP contribution in [0.15, 0.2) is 78.9 Å². The Morgan fingerprint density at radius 1 is 1.03 bits per heavy atom. The van der Waals surface area contributed by atoms with Crippen LogP contribution >= 0.6 is 0 Å². The summed E-state index contributed by atoms with van der Waals surface area (Å²) in [4.78, 5) is 0. The van der Waals surface area contributed by atoms with Crippen molar-refractivity contribution in [2.24, 2.45) is 11.3 Å². The van der Waals surface area contributed by atoms with Crippen molar-refractivity contribution < 1.29 is 0 Å². The van der Waals surface area contributed by atoms with Crippen molar-refractivity contribution in [3.63, 3.8) is 0 Å². The average molecular weight is 513 g/mol. The molecule has 2 aliphatic carbocycles. The average Bonchev–Trinajstić information content (AvgIpc) is 3.60. The van der Waals surface area contributed by atoms with E-state index in [2.05, 4.69) is 114 Å². The van der Waals surface area contributed by atoms with Crippen LogP contribution < -0.4 is 0 Å². The van der Waals surface area contributed by atoms with Gasteiger partial charge < -0.3 is 0 Å². The van der Waals surface area contributed by atoms with Gasteiger partial charge in [0.25, 0.3) is 0 Å². The molecule has 1 unspecified atom stereocenters. The van der Waals surface area contributed by atoms with Gasteiger partial charge in [-0.1, -0.05) is 106 Å². The summed E-state index contributed by atoms with van der Waals surface area (Å²) in [5.41, 5.74) is 11.6. The van der Waals surface area contributed by atoms with E-state index in [4.69, 9.17) is 12.8 Å². The Morgan fingerprint density at radius 3 is 2.31 bits per heavy atom. The summed E-state index contributed by atoms with van der Waals surface area (Å²) in [6, 6.07) is 15.9. The topological polar surface area (TPSA) is 0 Å². The monoisotopic (exact) mass is 512 g/mol. The lowest BCUT2D eigenvalue weighted by Gasteiger charge is -2.24. The number of hydrogen-bond donors (Lipinski definition) is 0. The largest absolute Gasteiger partial charge is 0.120 e. The normalized spacial score (nSPS) is 18.4. The number of benzene rings is 2. The fourth-order valence-corrected chi connectivity index (χ4v) is 5.92. The molecule has 200 valence electrons. The van der Waals surface area contributed by atoms with Gasteiger partial charge in [0.2, 0.25) is 0 Å². The predicted molar refractivity (Wildman–Crippen MR) is 170 cm³/mol. The fourth-order valence-electron chi connectivity index (χ4n) is 5.92. The minimum atomic E-state index is -0.0764. The van der Waals surface area contributed by atoms with Crippen LogP contribution in [0.4, 0.5) is 0 Å². The van der Waals surface area contributed by atoms with Crippen molar-refractivity contribution in [1.82, 2.24) is 0 Å². The Balaban J connectivity index is 1.54. The van der Waals surface area contributed by atoms with Gasteiger partial charge in [-0.2, -0.15) is 0 Å². The molecule has 0 aromatic heterocycles. The summed E-state index contributed by atoms with van der Waals surface area (Å²) < 4.78 is 0. The van der Waals surface area contributed by atoms with Crippen molar-refractivity contribution in [2.45, 2.75) is 84.5 Å². The van der Waals surface area contributed by atoms with Gasteiger partial charge in [0.05, 0.1) is 5.41 Å². The third-order valence-corrected chi connectivity index (χ3v) is 8.27. The molecule has 0 aliphatic heterocycles. The standard InChI is InChI=1S/C39H44/c1-10-12-13-28(4)32-14-16-33(17-15-32)37-21-27(3)20-36(37)30(6)22-29(5)34-23-31(26-38(7,8)9)24-35(25-34)39(11-2)18-19-39/h1-2,14-17,20-21,23-25,30,37H,4-5,12-13,18-19,22,26H2,3,6-9H3/t30-,37?/m1/s1. The van der Waals surface area contributed by atoms with Gasteiger partial charge in [0.15, 0.2) is 0 Å². The van der Waals surface area contributed by atoms with Gasteiger partial charge in [-0.05, 0) is 95.4 Å². The minimum Gasteiger partial charge on any atom is -0.120 e. The summed E-state index contributed by atoms with van der Waals surface area (Å²) in [6.45, 7) is 20.3. The summed E-state index contributed by atoms with van der Waals surface area (Å²) in [7, 11) is 0. The van der Waals surface area contributed by atoms with Gasteiger partial charge in [0, 0.05) is 12.3 Å². The minimum absolute atomic E-state index is 0.0764. The Labute approximate surface area is 238 Å². The molecule has 2 atom stereocenters. The van der Waals surface area contributed by atoms with Gasteiger partial charge in [-0.15, -0.1) is 18.8 Å².